The fraction of sp³-hybridized carbons (Fsp3) is 0.222. The molecule has 1 atom stereocenters. The minimum Gasteiger partial charge on any atom is -0.317 e. The van der Waals surface area contributed by atoms with E-state index in [1.807, 2.05) is 0 Å². The summed E-state index contributed by atoms with van der Waals surface area (Å²) >= 11 is 5.66. The first-order valence-corrected chi connectivity index (χ1v) is 10.2. The molecule has 0 spiro atoms. The monoisotopic (exact) mass is 444 g/mol. The molecule has 11 heteroatoms. The number of aromatic nitrogens is 3. The summed E-state index contributed by atoms with van der Waals surface area (Å²) in [5.41, 5.74) is -0.854. The summed E-state index contributed by atoms with van der Waals surface area (Å²) in [6.07, 6.45) is -4.90. The van der Waals surface area contributed by atoms with Gasteiger partial charge in [-0.25, -0.2) is 8.42 Å². The molecule has 1 N–H and O–H groups in total. The van der Waals surface area contributed by atoms with E-state index in [0.29, 0.717) is 17.5 Å². The largest absolute Gasteiger partial charge is 0.417 e. The lowest BCUT2D eigenvalue weighted by molar-refractivity contribution is -0.139. The Morgan fingerprint density at radius 3 is 2.31 bits per heavy atom. The van der Waals surface area contributed by atoms with Crippen molar-refractivity contribution in [1.29, 1.82) is 0 Å². The lowest BCUT2D eigenvalue weighted by Crippen LogP contribution is -2.32. The zero-order valence-corrected chi connectivity index (χ0v) is 16.8. The first-order chi connectivity index (χ1) is 13.5. The van der Waals surface area contributed by atoms with Gasteiger partial charge < -0.3 is 4.57 Å². The number of hydrogen-bond donors (Lipinski definition) is 1. The Morgan fingerprint density at radius 2 is 1.76 bits per heavy atom. The van der Waals surface area contributed by atoms with Crippen LogP contribution in [-0.2, 0) is 23.2 Å². The molecule has 3 aromatic rings. The van der Waals surface area contributed by atoms with Crippen LogP contribution in [0.4, 0.5) is 13.2 Å². The Morgan fingerprint density at radius 1 is 1.10 bits per heavy atom. The maximum Gasteiger partial charge on any atom is 0.417 e. The molecule has 0 unspecified atom stereocenters. The number of halogens is 4. The molecular formula is C18H16ClF3N4O2S. The highest BCUT2D eigenvalue weighted by molar-refractivity contribution is 7.89. The number of aryl methyl sites for hydroxylation is 1. The first-order valence-electron chi connectivity index (χ1n) is 8.30. The van der Waals surface area contributed by atoms with Crippen LogP contribution < -0.4 is 4.72 Å². The highest BCUT2D eigenvalue weighted by Gasteiger charge is 2.38. The van der Waals surface area contributed by atoms with Gasteiger partial charge in [0.05, 0.1) is 10.5 Å². The van der Waals surface area contributed by atoms with Gasteiger partial charge in [-0.1, -0.05) is 41.9 Å². The molecule has 0 aliphatic carbocycles. The second-order valence-electron chi connectivity index (χ2n) is 6.27. The summed E-state index contributed by atoms with van der Waals surface area (Å²) in [5, 5.41) is 7.69. The van der Waals surface area contributed by atoms with Gasteiger partial charge in [0.2, 0.25) is 10.0 Å². The summed E-state index contributed by atoms with van der Waals surface area (Å²) < 4.78 is 70.1. The minimum atomic E-state index is -4.90. The van der Waals surface area contributed by atoms with Gasteiger partial charge in [0.25, 0.3) is 0 Å². The van der Waals surface area contributed by atoms with Gasteiger partial charge >= 0.3 is 6.18 Å². The molecule has 0 radical (unpaired) electrons. The quantitative estimate of drug-likeness (QED) is 0.648. The van der Waals surface area contributed by atoms with Crippen LogP contribution in [0.1, 0.15) is 28.8 Å². The average Bonchev–Trinajstić information content (AvgIpc) is 2.98. The number of sulfonamides is 1. The standard InChI is InChI=1S/C18H16ClF3N4O2S/c1-11-23-24-17(26(11)2)16(12-6-4-3-5-7-12)25-29(27,28)15-9-8-13(19)10-14(15)18(20,21)22/h3-10,16,25H,1-2H3/t16-/m1/s1. The number of hydrogen-bond acceptors (Lipinski definition) is 4. The van der Waals surface area contributed by atoms with Gasteiger partial charge in [-0.2, -0.15) is 17.9 Å². The van der Waals surface area contributed by atoms with Gasteiger partial charge in [-0.05, 0) is 30.7 Å². The molecular weight excluding hydrogens is 429 g/mol. The van der Waals surface area contributed by atoms with Crippen LogP contribution in [0.5, 0.6) is 0 Å². The van der Waals surface area contributed by atoms with E-state index >= 15 is 0 Å². The van der Waals surface area contributed by atoms with E-state index in [0.717, 1.165) is 12.1 Å². The molecule has 0 saturated heterocycles. The van der Waals surface area contributed by atoms with E-state index in [1.165, 1.54) is 0 Å². The summed E-state index contributed by atoms with van der Waals surface area (Å²) in [4.78, 5) is -0.922. The van der Waals surface area contributed by atoms with Crippen LogP contribution in [0.15, 0.2) is 53.4 Å². The molecule has 29 heavy (non-hydrogen) atoms. The third kappa shape index (κ3) is 4.44. The van der Waals surface area contributed by atoms with E-state index in [-0.39, 0.29) is 10.8 Å². The van der Waals surface area contributed by atoms with Crippen molar-refractivity contribution in [3.8, 4) is 0 Å². The number of nitrogens with zero attached hydrogens (tertiary/aromatic N) is 3. The predicted molar refractivity (Wildman–Crippen MR) is 101 cm³/mol. The van der Waals surface area contributed by atoms with Gasteiger partial charge in [0.15, 0.2) is 5.82 Å². The molecule has 0 bridgehead atoms. The van der Waals surface area contributed by atoms with E-state index in [4.69, 9.17) is 11.6 Å². The Bertz CT molecular complexity index is 1130. The lowest BCUT2D eigenvalue weighted by Gasteiger charge is -2.20. The highest BCUT2D eigenvalue weighted by atomic mass is 35.5. The van der Waals surface area contributed by atoms with Crippen LogP contribution in [0.25, 0.3) is 0 Å². The fourth-order valence-corrected chi connectivity index (χ4v) is 4.33. The van der Waals surface area contributed by atoms with Crippen LogP contribution in [-0.4, -0.2) is 23.2 Å². The maximum absolute atomic E-state index is 13.4. The molecule has 0 amide bonds. The van der Waals surface area contributed by atoms with Crippen LogP contribution >= 0.6 is 11.6 Å². The van der Waals surface area contributed by atoms with E-state index < -0.39 is 32.7 Å². The maximum atomic E-state index is 13.4. The van der Waals surface area contributed by atoms with Crippen molar-refractivity contribution in [1.82, 2.24) is 19.5 Å². The summed E-state index contributed by atoms with van der Waals surface area (Å²) in [6, 6.07) is 9.84. The normalized spacial score (nSPS) is 13.4. The second kappa shape index (κ2) is 7.77. The smallest absolute Gasteiger partial charge is 0.317 e. The molecule has 1 aromatic heterocycles. The number of nitrogens with one attached hydrogen (secondary N) is 1. The molecule has 0 fully saturated rings. The lowest BCUT2D eigenvalue weighted by atomic mass is 10.1. The summed E-state index contributed by atoms with van der Waals surface area (Å²) in [6.45, 7) is 1.67. The molecule has 0 aliphatic rings. The summed E-state index contributed by atoms with van der Waals surface area (Å²) in [5.74, 6) is 0.752. The Kier molecular flexibility index (Phi) is 5.70. The highest BCUT2D eigenvalue weighted by Crippen LogP contribution is 2.36. The molecule has 2 aromatic carbocycles. The van der Waals surface area contributed by atoms with Crippen LogP contribution in [0.3, 0.4) is 0 Å². The predicted octanol–water partition coefficient (Wildman–Crippen LogP) is 3.86. The van der Waals surface area contributed by atoms with E-state index in [1.54, 1.807) is 48.9 Å². The van der Waals surface area contributed by atoms with Crippen molar-refractivity contribution in [2.75, 3.05) is 0 Å². The Balaban J connectivity index is 2.12. The molecule has 0 aliphatic heterocycles. The zero-order chi connectivity index (χ0) is 21.4. The average molecular weight is 445 g/mol. The van der Waals surface area contributed by atoms with Crippen molar-refractivity contribution in [2.24, 2.45) is 7.05 Å². The molecule has 154 valence electrons. The number of benzene rings is 2. The molecule has 6 nitrogen and oxygen atoms in total. The number of alkyl halides is 3. The first kappa shape index (κ1) is 21.3. The summed E-state index contributed by atoms with van der Waals surface area (Å²) in [7, 11) is -2.97. The van der Waals surface area contributed by atoms with E-state index in [2.05, 4.69) is 14.9 Å². The van der Waals surface area contributed by atoms with Crippen molar-refractivity contribution in [3.63, 3.8) is 0 Å². The van der Waals surface area contributed by atoms with Crippen molar-refractivity contribution < 1.29 is 21.6 Å². The van der Waals surface area contributed by atoms with Crippen molar-refractivity contribution >= 4 is 21.6 Å². The third-order valence-electron chi connectivity index (χ3n) is 4.33. The van der Waals surface area contributed by atoms with E-state index in [9.17, 15) is 21.6 Å². The molecule has 0 saturated carbocycles. The topological polar surface area (TPSA) is 76.9 Å². The van der Waals surface area contributed by atoms with Gasteiger partial charge in [0, 0.05) is 12.1 Å². The fourth-order valence-electron chi connectivity index (χ4n) is 2.77. The minimum absolute atomic E-state index is 0.222. The van der Waals surface area contributed by atoms with Crippen LogP contribution in [0.2, 0.25) is 5.02 Å². The SMILES string of the molecule is Cc1nnc([C@H](NS(=O)(=O)c2ccc(Cl)cc2C(F)(F)F)c2ccccc2)n1C. The zero-order valence-electron chi connectivity index (χ0n) is 15.3. The van der Waals surface area contributed by atoms with Gasteiger partial charge in [-0.15, -0.1) is 10.2 Å². The van der Waals surface area contributed by atoms with Crippen LogP contribution in [0, 0.1) is 6.92 Å². The molecule has 3 rings (SSSR count). The Labute approximate surface area is 170 Å². The van der Waals surface area contributed by atoms with Gasteiger partial charge in [-0.3, -0.25) is 0 Å². The Hall–Kier alpha value is -2.43. The van der Waals surface area contributed by atoms with Gasteiger partial charge in [0.1, 0.15) is 11.9 Å². The van der Waals surface area contributed by atoms with Crippen molar-refractivity contribution in [2.45, 2.75) is 24.0 Å². The van der Waals surface area contributed by atoms with Crippen molar-refractivity contribution in [3.05, 3.63) is 76.3 Å². The second-order valence-corrected chi connectivity index (χ2v) is 8.39. The molecule has 1 heterocycles. The number of rotatable bonds is 5. The third-order valence-corrected chi connectivity index (χ3v) is 6.04.